The molecule has 1 atom stereocenters. The van der Waals surface area contributed by atoms with Crippen molar-refractivity contribution in [2.24, 2.45) is 4.99 Å². The van der Waals surface area contributed by atoms with Crippen molar-refractivity contribution >= 4 is 40.1 Å². The second-order valence-electron chi connectivity index (χ2n) is 5.71. The number of nitrogens with one attached hydrogen (secondary N) is 1. The third-order valence-electron chi connectivity index (χ3n) is 4.00. The number of carbonyl (C=O) groups excluding carboxylic acids is 2. The number of thioether (sulfide) groups is 1. The fourth-order valence-corrected chi connectivity index (χ4v) is 3.67. The summed E-state index contributed by atoms with van der Waals surface area (Å²) in [5.41, 5.74) is 1.07. The largest absolute Gasteiger partial charge is 0.495 e. The number of methoxy groups -OCH3 is 1. The summed E-state index contributed by atoms with van der Waals surface area (Å²) in [4.78, 5) is 30.3. The fourth-order valence-electron chi connectivity index (χ4n) is 2.69. The van der Waals surface area contributed by atoms with Crippen LogP contribution in [0.2, 0.25) is 0 Å². The van der Waals surface area contributed by atoms with E-state index >= 15 is 0 Å². The number of benzene rings is 2. The molecule has 1 aliphatic rings. The van der Waals surface area contributed by atoms with Crippen LogP contribution in [0.4, 0.5) is 15.8 Å². The molecule has 0 saturated carbocycles. The van der Waals surface area contributed by atoms with Crippen LogP contribution < -0.4 is 15.0 Å². The normalized spacial score (nSPS) is 17.4. The van der Waals surface area contributed by atoms with Gasteiger partial charge < -0.3 is 10.1 Å². The third kappa shape index (κ3) is 4.11. The molecule has 0 spiro atoms. The molecule has 0 aliphatic carbocycles. The van der Waals surface area contributed by atoms with Gasteiger partial charge in [0.15, 0.2) is 5.17 Å². The summed E-state index contributed by atoms with van der Waals surface area (Å²) < 4.78 is 18.4. The molecule has 1 unspecified atom stereocenters. The minimum atomic E-state index is -0.608. The standard InChI is InChI=1S/C19H18FN3O3S/c1-21-19(22-14-5-3-4-6-15(14)26-2)27-16-11-17(24)23(18(16)25)13-9-7-12(20)8-10-13/h3-10,16H,11H2,1-2H3,(H,21,22). The van der Waals surface area contributed by atoms with Crippen molar-refractivity contribution in [3.63, 3.8) is 0 Å². The lowest BCUT2D eigenvalue weighted by Crippen LogP contribution is -2.31. The van der Waals surface area contributed by atoms with Crippen LogP contribution in [0.25, 0.3) is 0 Å². The molecule has 8 heteroatoms. The van der Waals surface area contributed by atoms with E-state index in [4.69, 9.17) is 4.74 Å². The zero-order valence-electron chi connectivity index (χ0n) is 14.8. The van der Waals surface area contributed by atoms with Crippen LogP contribution in [0.1, 0.15) is 6.42 Å². The van der Waals surface area contributed by atoms with E-state index in [9.17, 15) is 14.0 Å². The van der Waals surface area contributed by atoms with Crippen molar-refractivity contribution in [1.82, 2.24) is 0 Å². The van der Waals surface area contributed by atoms with Crippen LogP contribution in [0.15, 0.2) is 53.5 Å². The van der Waals surface area contributed by atoms with Crippen molar-refractivity contribution in [1.29, 1.82) is 0 Å². The second kappa shape index (κ2) is 8.22. The Morgan fingerprint density at radius 2 is 1.93 bits per heavy atom. The Morgan fingerprint density at radius 1 is 1.22 bits per heavy atom. The minimum absolute atomic E-state index is 0.0491. The first kappa shape index (κ1) is 18.9. The minimum Gasteiger partial charge on any atom is -0.495 e. The van der Waals surface area contributed by atoms with Crippen LogP contribution in [0.3, 0.4) is 0 Å². The molecule has 6 nitrogen and oxygen atoms in total. The highest BCUT2D eigenvalue weighted by molar-refractivity contribution is 8.15. The highest BCUT2D eigenvalue weighted by atomic mass is 32.2. The molecule has 0 radical (unpaired) electrons. The molecular weight excluding hydrogens is 369 g/mol. The monoisotopic (exact) mass is 387 g/mol. The zero-order chi connectivity index (χ0) is 19.4. The van der Waals surface area contributed by atoms with Gasteiger partial charge >= 0.3 is 0 Å². The first-order valence-corrected chi connectivity index (χ1v) is 9.07. The zero-order valence-corrected chi connectivity index (χ0v) is 15.6. The lowest BCUT2D eigenvalue weighted by atomic mass is 10.3. The summed E-state index contributed by atoms with van der Waals surface area (Å²) in [5, 5.41) is 3.01. The molecule has 140 valence electrons. The van der Waals surface area contributed by atoms with Gasteiger partial charge in [-0.25, -0.2) is 9.29 Å². The molecule has 27 heavy (non-hydrogen) atoms. The number of hydrogen-bond donors (Lipinski definition) is 1. The fraction of sp³-hybridized carbons (Fsp3) is 0.211. The predicted molar refractivity (Wildman–Crippen MR) is 105 cm³/mol. The number of amides is 2. The van der Waals surface area contributed by atoms with Crippen molar-refractivity contribution in [2.75, 3.05) is 24.4 Å². The van der Waals surface area contributed by atoms with Gasteiger partial charge in [-0.1, -0.05) is 23.9 Å². The molecular formula is C19H18FN3O3S. The van der Waals surface area contributed by atoms with Crippen molar-refractivity contribution in [2.45, 2.75) is 11.7 Å². The van der Waals surface area contributed by atoms with Gasteiger partial charge in [0.2, 0.25) is 11.8 Å². The Morgan fingerprint density at radius 3 is 2.59 bits per heavy atom. The van der Waals surface area contributed by atoms with E-state index in [-0.39, 0.29) is 18.2 Å². The summed E-state index contributed by atoms with van der Waals surface area (Å²) in [6.07, 6.45) is 0.0491. The van der Waals surface area contributed by atoms with Gasteiger partial charge in [0.05, 0.1) is 18.5 Å². The number of carbonyl (C=O) groups is 2. The Balaban J connectivity index is 1.74. The van der Waals surface area contributed by atoms with E-state index in [1.54, 1.807) is 20.2 Å². The van der Waals surface area contributed by atoms with Crippen LogP contribution >= 0.6 is 11.8 Å². The SMILES string of the molecule is CN=C(Nc1ccccc1OC)SC1CC(=O)N(c2ccc(F)cc2)C1=O. The molecule has 2 aromatic carbocycles. The van der Waals surface area contributed by atoms with Crippen molar-refractivity contribution < 1.29 is 18.7 Å². The van der Waals surface area contributed by atoms with Crippen molar-refractivity contribution in [3.8, 4) is 5.75 Å². The van der Waals surface area contributed by atoms with Gasteiger partial charge in [-0.2, -0.15) is 0 Å². The maximum Gasteiger partial charge on any atom is 0.247 e. The van der Waals surface area contributed by atoms with Crippen molar-refractivity contribution in [3.05, 3.63) is 54.3 Å². The first-order valence-electron chi connectivity index (χ1n) is 8.19. The molecule has 2 amide bonds. The quantitative estimate of drug-likeness (QED) is 0.495. The average molecular weight is 387 g/mol. The van der Waals surface area contributed by atoms with Crippen LogP contribution in [0, 0.1) is 5.82 Å². The molecule has 0 aromatic heterocycles. The number of ether oxygens (including phenoxy) is 1. The summed E-state index contributed by atoms with van der Waals surface area (Å²) in [7, 11) is 3.17. The topological polar surface area (TPSA) is 71.0 Å². The van der Waals surface area contributed by atoms with Gasteiger partial charge in [-0.3, -0.25) is 14.6 Å². The molecule has 3 rings (SSSR count). The summed E-state index contributed by atoms with van der Waals surface area (Å²) in [6, 6.07) is 12.6. The molecule has 1 N–H and O–H groups in total. The predicted octanol–water partition coefficient (Wildman–Crippen LogP) is 3.30. The maximum atomic E-state index is 13.1. The lowest BCUT2D eigenvalue weighted by Gasteiger charge is -2.16. The number of hydrogen-bond acceptors (Lipinski definition) is 5. The third-order valence-corrected chi connectivity index (χ3v) is 5.16. The highest BCUT2D eigenvalue weighted by Crippen LogP contribution is 2.32. The van der Waals surface area contributed by atoms with Gasteiger partial charge in [0, 0.05) is 13.5 Å². The van der Waals surface area contributed by atoms with Gasteiger partial charge in [0.25, 0.3) is 0 Å². The number of amidine groups is 1. The number of imide groups is 1. The van der Waals surface area contributed by atoms with Gasteiger partial charge in [-0.05, 0) is 36.4 Å². The van der Waals surface area contributed by atoms with E-state index < -0.39 is 11.1 Å². The number of halogens is 1. The Labute approximate surface area is 160 Å². The summed E-state index contributed by atoms with van der Waals surface area (Å²) in [5.74, 6) is -0.456. The van der Waals surface area contributed by atoms with Crippen LogP contribution in [-0.2, 0) is 9.59 Å². The number of para-hydroxylation sites is 2. The van der Waals surface area contributed by atoms with E-state index in [0.29, 0.717) is 22.3 Å². The molecule has 1 heterocycles. The molecule has 0 bridgehead atoms. The number of aliphatic imine (C=N–C) groups is 1. The van der Waals surface area contributed by atoms with E-state index in [1.165, 1.54) is 36.0 Å². The number of anilines is 2. The lowest BCUT2D eigenvalue weighted by molar-refractivity contribution is -0.121. The smallest absolute Gasteiger partial charge is 0.247 e. The van der Waals surface area contributed by atoms with Crippen LogP contribution in [-0.4, -0.2) is 36.4 Å². The average Bonchev–Trinajstić information content (AvgIpc) is 2.95. The Bertz CT molecular complexity index is 886. The Kier molecular flexibility index (Phi) is 5.75. The Hall–Kier alpha value is -2.87. The molecule has 1 fully saturated rings. The van der Waals surface area contributed by atoms with Gasteiger partial charge in [0.1, 0.15) is 16.8 Å². The summed E-state index contributed by atoms with van der Waals surface area (Å²) in [6.45, 7) is 0. The number of rotatable bonds is 4. The number of nitrogens with zero attached hydrogens (tertiary/aromatic N) is 2. The molecule has 1 saturated heterocycles. The first-order chi connectivity index (χ1) is 13.0. The second-order valence-corrected chi connectivity index (χ2v) is 6.90. The van der Waals surface area contributed by atoms with E-state index in [2.05, 4.69) is 10.3 Å². The maximum absolute atomic E-state index is 13.1. The van der Waals surface area contributed by atoms with Crippen LogP contribution in [0.5, 0.6) is 5.75 Å². The van der Waals surface area contributed by atoms with E-state index in [0.717, 1.165) is 4.90 Å². The molecule has 2 aromatic rings. The highest BCUT2D eigenvalue weighted by Gasteiger charge is 2.40. The molecule has 1 aliphatic heterocycles. The van der Waals surface area contributed by atoms with E-state index in [1.807, 2.05) is 18.2 Å². The van der Waals surface area contributed by atoms with Gasteiger partial charge in [-0.15, -0.1) is 0 Å². The summed E-state index contributed by atoms with van der Waals surface area (Å²) >= 11 is 1.18.